The molecule has 3 aromatic rings. The van der Waals surface area contributed by atoms with Gasteiger partial charge in [0.15, 0.2) is 22.1 Å². The molecule has 1 aliphatic heterocycles. The fraction of sp³-hybridized carbons (Fsp3) is 0.500. The Bertz CT molecular complexity index is 1000. The van der Waals surface area contributed by atoms with Crippen molar-refractivity contribution in [2.45, 2.75) is 70.1 Å². The van der Waals surface area contributed by atoms with Crippen LogP contribution in [0.2, 0.25) is 0 Å². The average molecular weight is 429 g/mol. The van der Waals surface area contributed by atoms with Crippen molar-refractivity contribution in [3.8, 4) is 5.75 Å². The highest BCUT2D eigenvalue weighted by Gasteiger charge is 2.19. The van der Waals surface area contributed by atoms with Crippen molar-refractivity contribution in [3.63, 3.8) is 0 Å². The van der Waals surface area contributed by atoms with Crippen LogP contribution in [0, 0.1) is 6.92 Å². The van der Waals surface area contributed by atoms with Crippen molar-refractivity contribution >= 4 is 28.7 Å². The van der Waals surface area contributed by atoms with Crippen molar-refractivity contribution in [1.29, 1.82) is 0 Å². The summed E-state index contributed by atoms with van der Waals surface area (Å²) >= 11 is 1.63. The van der Waals surface area contributed by atoms with Gasteiger partial charge in [0.25, 0.3) is 0 Å². The Balaban J connectivity index is 0.00000124. The average Bonchev–Trinajstić information content (AvgIpc) is 3.32. The molecule has 0 radical (unpaired) electrons. The van der Waals surface area contributed by atoms with Crippen LogP contribution in [0.1, 0.15) is 45.2 Å². The van der Waals surface area contributed by atoms with Crippen molar-refractivity contribution in [3.05, 3.63) is 29.6 Å². The van der Waals surface area contributed by atoms with Gasteiger partial charge < -0.3 is 20.4 Å². The minimum atomic E-state index is 0.417. The summed E-state index contributed by atoms with van der Waals surface area (Å²) in [7, 11) is 0. The zero-order valence-corrected chi connectivity index (χ0v) is 19.3. The van der Waals surface area contributed by atoms with Crippen LogP contribution in [0.3, 0.4) is 0 Å². The van der Waals surface area contributed by atoms with Gasteiger partial charge >= 0.3 is 0 Å². The van der Waals surface area contributed by atoms with Crippen LogP contribution in [0.5, 0.6) is 5.75 Å². The van der Waals surface area contributed by atoms with Crippen molar-refractivity contribution in [1.82, 2.24) is 24.8 Å². The largest absolute Gasteiger partial charge is 0.493 e. The summed E-state index contributed by atoms with van der Waals surface area (Å²) in [5.41, 5.74) is 10.0. The van der Waals surface area contributed by atoms with Crippen LogP contribution in [-0.2, 0) is 13.0 Å². The number of ether oxygens (including phenoxy) is 1. The van der Waals surface area contributed by atoms with Crippen LogP contribution in [0.15, 0.2) is 28.5 Å². The Kier molecular flexibility index (Phi) is 7.55. The molecule has 0 amide bonds. The van der Waals surface area contributed by atoms with Gasteiger partial charge in [0.1, 0.15) is 12.1 Å². The van der Waals surface area contributed by atoms with E-state index in [9.17, 15) is 0 Å². The second kappa shape index (κ2) is 10.1. The highest BCUT2D eigenvalue weighted by Crippen LogP contribution is 2.37. The maximum Gasteiger partial charge on any atom is 0.175 e. The zero-order chi connectivity index (χ0) is 21.7. The second-order valence-electron chi connectivity index (χ2n) is 7.37. The molecule has 4 rings (SSSR count). The lowest BCUT2D eigenvalue weighted by Gasteiger charge is -2.12. The smallest absolute Gasteiger partial charge is 0.175 e. The number of imidazole rings is 1. The van der Waals surface area contributed by atoms with Gasteiger partial charge in [-0.05, 0) is 37.1 Å². The van der Waals surface area contributed by atoms with Gasteiger partial charge in [-0.1, -0.05) is 45.5 Å². The molecule has 8 heteroatoms. The van der Waals surface area contributed by atoms with E-state index in [1.54, 1.807) is 11.8 Å². The Hall–Kier alpha value is -2.32. The van der Waals surface area contributed by atoms with Crippen molar-refractivity contribution in [2.24, 2.45) is 0 Å². The predicted molar refractivity (Wildman–Crippen MR) is 123 cm³/mol. The first-order valence-corrected chi connectivity index (χ1v) is 11.5. The maximum atomic E-state index is 6.06. The Morgan fingerprint density at radius 3 is 2.83 bits per heavy atom. The fourth-order valence-corrected chi connectivity index (χ4v) is 4.39. The molecule has 1 aromatic carbocycles. The van der Waals surface area contributed by atoms with Crippen molar-refractivity contribution < 1.29 is 4.74 Å². The minimum Gasteiger partial charge on any atom is -0.493 e. The molecular formula is C22H32N6OS. The van der Waals surface area contributed by atoms with Gasteiger partial charge in [-0.2, -0.15) is 0 Å². The zero-order valence-electron chi connectivity index (χ0n) is 18.5. The van der Waals surface area contributed by atoms with Crippen LogP contribution >= 0.6 is 11.8 Å². The number of aromatic nitrogens is 4. The van der Waals surface area contributed by atoms with Gasteiger partial charge in [0, 0.05) is 23.9 Å². The minimum absolute atomic E-state index is 0.417. The third-order valence-corrected chi connectivity index (χ3v) is 5.98. The molecule has 0 spiro atoms. The molecule has 30 heavy (non-hydrogen) atoms. The lowest BCUT2D eigenvalue weighted by Crippen LogP contribution is -2.24. The topological polar surface area (TPSA) is 90.9 Å². The first-order chi connectivity index (χ1) is 14.5. The third-order valence-electron chi connectivity index (χ3n) is 4.82. The number of nitrogens with one attached hydrogen (secondary N) is 1. The number of benzene rings is 1. The lowest BCUT2D eigenvalue weighted by atomic mass is 10.1. The molecule has 3 heterocycles. The summed E-state index contributed by atoms with van der Waals surface area (Å²) in [6.45, 7) is 13.0. The van der Waals surface area contributed by atoms with Gasteiger partial charge in [0.05, 0.1) is 6.61 Å². The summed E-state index contributed by atoms with van der Waals surface area (Å²) in [4.78, 5) is 14.5. The molecule has 0 aliphatic carbocycles. The van der Waals surface area contributed by atoms with Crippen LogP contribution in [0.25, 0.3) is 11.2 Å². The van der Waals surface area contributed by atoms with E-state index < -0.39 is 0 Å². The Morgan fingerprint density at radius 2 is 2.07 bits per heavy atom. The quantitative estimate of drug-likeness (QED) is 0.545. The predicted octanol–water partition coefficient (Wildman–Crippen LogP) is 4.22. The van der Waals surface area contributed by atoms with Gasteiger partial charge in [-0.25, -0.2) is 15.0 Å². The van der Waals surface area contributed by atoms with Gasteiger partial charge in [-0.3, -0.25) is 0 Å². The maximum absolute atomic E-state index is 6.06. The Morgan fingerprint density at radius 1 is 1.27 bits per heavy atom. The van der Waals surface area contributed by atoms with E-state index in [0.29, 0.717) is 17.4 Å². The van der Waals surface area contributed by atoms with E-state index >= 15 is 0 Å². The molecule has 7 nitrogen and oxygen atoms in total. The summed E-state index contributed by atoms with van der Waals surface area (Å²) < 4.78 is 7.90. The standard InChI is InChI=1S/C20H26N6OS.C2H6/c1-12(2)22-6-4-7-26-19-17(18(21)23-11-24-19)25-20(26)28-16-10-15-14(5-8-27-15)9-13(16)3;1-2/h9-12,22H,4-8H2,1-3H3,(H2,21,23,24);1-2H3. The van der Waals surface area contributed by atoms with Crippen molar-refractivity contribution in [2.75, 3.05) is 18.9 Å². The molecule has 0 bridgehead atoms. The number of aryl methyl sites for hydroxylation is 2. The molecule has 0 fully saturated rings. The highest BCUT2D eigenvalue weighted by molar-refractivity contribution is 7.99. The van der Waals surface area contributed by atoms with E-state index in [2.05, 4.69) is 52.8 Å². The molecule has 2 aromatic heterocycles. The number of rotatable bonds is 7. The molecule has 0 saturated carbocycles. The normalized spacial score (nSPS) is 12.6. The molecule has 3 N–H and O–H groups in total. The molecule has 1 aliphatic rings. The second-order valence-corrected chi connectivity index (χ2v) is 8.37. The Labute approximate surface area is 182 Å². The number of hydrogen-bond acceptors (Lipinski definition) is 7. The summed E-state index contributed by atoms with van der Waals surface area (Å²) in [6, 6.07) is 4.82. The number of nitrogens with two attached hydrogens (primary N) is 1. The monoisotopic (exact) mass is 428 g/mol. The van der Waals surface area contributed by atoms with Gasteiger partial charge in [0.2, 0.25) is 0 Å². The molecule has 0 saturated heterocycles. The first-order valence-electron chi connectivity index (χ1n) is 10.7. The van der Waals surface area contributed by atoms with E-state index in [1.165, 1.54) is 17.5 Å². The summed E-state index contributed by atoms with van der Waals surface area (Å²) in [5, 5.41) is 4.34. The van der Waals surface area contributed by atoms with E-state index in [4.69, 9.17) is 15.5 Å². The first kappa shape index (κ1) is 22.4. The van der Waals surface area contributed by atoms with E-state index in [1.807, 2.05) is 13.8 Å². The van der Waals surface area contributed by atoms with E-state index in [-0.39, 0.29) is 0 Å². The lowest BCUT2D eigenvalue weighted by molar-refractivity contribution is 0.356. The number of nitrogen functional groups attached to an aromatic ring is 1. The number of anilines is 1. The number of fused-ring (bicyclic) bond motifs is 2. The van der Waals surface area contributed by atoms with E-state index in [0.717, 1.165) is 54.0 Å². The highest BCUT2D eigenvalue weighted by atomic mass is 32.2. The fourth-order valence-electron chi connectivity index (χ4n) is 3.38. The molecule has 0 atom stereocenters. The molecule has 162 valence electrons. The SMILES string of the molecule is CC.Cc1cc2c(cc1Sc1nc3c(N)ncnc3n1CCCNC(C)C)OCC2. The van der Waals surface area contributed by atoms with Gasteiger partial charge in [-0.15, -0.1) is 0 Å². The number of hydrogen-bond donors (Lipinski definition) is 2. The summed E-state index contributed by atoms with van der Waals surface area (Å²) in [5.74, 6) is 1.40. The molecule has 0 unspecified atom stereocenters. The number of nitrogens with zero attached hydrogens (tertiary/aromatic N) is 4. The van der Waals surface area contributed by atoms with Crippen LogP contribution < -0.4 is 15.8 Å². The van der Waals surface area contributed by atoms with Crippen LogP contribution in [0.4, 0.5) is 5.82 Å². The third kappa shape index (κ3) is 4.87. The molecular weight excluding hydrogens is 396 g/mol. The summed E-state index contributed by atoms with van der Waals surface area (Å²) in [6.07, 6.45) is 3.47. The van der Waals surface area contributed by atoms with Crippen LogP contribution in [-0.4, -0.2) is 38.7 Å².